The van der Waals surface area contributed by atoms with E-state index in [-0.39, 0.29) is 5.82 Å². The van der Waals surface area contributed by atoms with Gasteiger partial charge in [0.05, 0.1) is 11.4 Å². The van der Waals surface area contributed by atoms with E-state index in [0.717, 1.165) is 12.0 Å². The predicted octanol–water partition coefficient (Wildman–Crippen LogP) is 2.74. The van der Waals surface area contributed by atoms with Crippen LogP contribution >= 0.6 is 0 Å². The number of nitrogens with zero attached hydrogens (tertiary/aromatic N) is 1. The molecule has 0 saturated carbocycles. The zero-order valence-corrected chi connectivity index (χ0v) is 8.27. The summed E-state index contributed by atoms with van der Waals surface area (Å²) in [5.41, 5.74) is 1.70. The fourth-order valence-electron chi connectivity index (χ4n) is 1.61. The lowest BCUT2D eigenvalue weighted by molar-refractivity contribution is 0.111. The Kier molecular flexibility index (Phi) is 2.37. The minimum atomic E-state index is -0.333. The van der Waals surface area contributed by atoms with Crippen LogP contribution in [-0.4, -0.2) is 10.9 Å². The third-order valence-electron chi connectivity index (χ3n) is 2.32. The Labute approximate surface area is 87.0 Å². The number of aryl methyl sites for hydroxylation is 1. The Morgan fingerprint density at radius 2 is 1.93 bits per heavy atom. The van der Waals surface area contributed by atoms with Crippen molar-refractivity contribution in [2.45, 2.75) is 6.92 Å². The number of carbonyl (C=O) groups is 1. The molecule has 0 fully saturated rings. The van der Waals surface area contributed by atoms with Crippen molar-refractivity contribution in [3.05, 3.63) is 53.6 Å². The molecule has 1 aromatic heterocycles. The lowest BCUT2D eigenvalue weighted by Crippen LogP contribution is -2.03. The van der Waals surface area contributed by atoms with E-state index in [1.165, 1.54) is 6.07 Å². The van der Waals surface area contributed by atoms with E-state index in [0.29, 0.717) is 11.4 Å². The summed E-state index contributed by atoms with van der Waals surface area (Å²) in [4.78, 5) is 10.8. The maximum Gasteiger partial charge on any atom is 0.166 e. The van der Waals surface area contributed by atoms with E-state index in [4.69, 9.17) is 0 Å². The number of halogens is 1. The first-order valence-corrected chi connectivity index (χ1v) is 4.62. The van der Waals surface area contributed by atoms with E-state index < -0.39 is 0 Å². The molecule has 1 aromatic carbocycles. The van der Waals surface area contributed by atoms with Crippen LogP contribution in [0.3, 0.4) is 0 Å². The van der Waals surface area contributed by atoms with Crippen molar-refractivity contribution >= 4 is 6.29 Å². The number of para-hydroxylation sites is 1. The Bertz CT molecular complexity index is 502. The van der Waals surface area contributed by atoms with Crippen LogP contribution in [0.4, 0.5) is 4.39 Å². The molecule has 0 spiro atoms. The van der Waals surface area contributed by atoms with E-state index in [2.05, 4.69) is 0 Å². The number of rotatable bonds is 2. The predicted molar refractivity (Wildman–Crippen MR) is 55.9 cm³/mol. The fraction of sp³-hybridized carbons (Fsp3) is 0.0833. The van der Waals surface area contributed by atoms with Gasteiger partial charge in [-0.2, -0.15) is 0 Å². The Balaban J connectivity index is 2.68. The topological polar surface area (TPSA) is 22.0 Å². The van der Waals surface area contributed by atoms with Gasteiger partial charge in [0, 0.05) is 5.69 Å². The van der Waals surface area contributed by atoms with Crippen LogP contribution in [0, 0.1) is 12.7 Å². The van der Waals surface area contributed by atoms with Crippen LogP contribution in [0.2, 0.25) is 0 Å². The summed E-state index contributed by atoms with van der Waals surface area (Å²) in [5, 5.41) is 0. The molecule has 2 aromatic rings. The Morgan fingerprint density at radius 3 is 2.60 bits per heavy atom. The van der Waals surface area contributed by atoms with Gasteiger partial charge < -0.3 is 4.57 Å². The van der Waals surface area contributed by atoms with E-state index in [1.807, 2.05) is 6.92 Å². The largest absolute Gasteiger partial charge is 0.309 e. The van der Waals surface area contributed by atoms with Crippen LogP contribution in [0.5, 0.6) is 0 Å². The highest BCUT2D eigenvalue weighted by Gasteiger charge is 2.09. The van der Waals surface area contributed by atoms with E-state index in [9.17, 15) is 9.18 Å². The third kappa shape index (κ3) is 1.56. The van der Waals surface area contributed by atoms with Crippen LogP contribution in [0.1, 0.15) is 16.2 Å². The van der Waals surface area contributed by atoms with Crippen LogP contribution < -0.4 is 0 Å². The van der Waals surface area contributed by atoms with Crippen LogP contribution in [0.15, 0.2) is 36.4 Å². The van der Waals surface area contributed by atoms with Gasteiger partial charge in [0.2, 0.25) is 0 Å². The Morgan fingerprint density at radius 1 is 1.20 bits per heavy atom. The van der Waals surface area contributed by atoms with Gasteiger partial charge in [-0.25, -0.2) is 4.39 Å². The highest BCUT2D eigenvalue weighted by atomic mass is 19.1. The molecule has 0 atom stereocenters. The summed E-state index contributed by atoms with van der Waals surface area (Å²) >= 11 is 0. The number of benzene rings is 1. The number of aldehydes is 1. The second-order valence-corrected chi connectivity index (χ2v) is 3.30. The summed E-state index contributed by atoms with van der Waals surface area (Å²) in [6.07, 6.45) is 0.722. The van der Waals surface area contributed by atoms with Crippen molar-refractivity contribution < 1.29 is 9.18 Å². The van der Waals surface area contributed by atoms with Gasteiger partial charge in [-0.05, 0) is 31.2 Å². The molecule has 0 amide bonds. The van der Waals surface area contributed by atoms with Crippen LogP contribution in [0.25, 0.3) is 5.69 Å². The average molecular weight is 203 g/mol. The molecule has 0 bridgehead atoms. The zero-order valence-electron chi connectivity index (χ0n) is 8.27. The fourth-order valence-corrected chi connectivity index (χ4v) is 1.61. The number of aromatic nitrogens is 1. The van der Waals surface area contributed by atoms with Gasteiger partial charge >= 0.3 is 0 Å². The highest BCUT2D eigenvalue weighted by Crippen LogP contribution is 2.18. The van der Waals surface area contributed by atoms with Gasteiger partial charge in [0.15, 0.2) is 6.29 Å². The number of hydrogen-bond donors (Lipinski definition) is 0. The van der Waals surface area contributed by atoms with Gasteiger partial charge in [-0.15, -0.1) is 0 Å². The van der Waals surface area contributed by atoms with Crippen molar-refractivity contribution in [2.24, 2.45) is 0 Å². The highest BCUT2D eigenvalue weighted by molar-refractivity contribution is 5.74. The maximum absolute atomic E-state index is 13.5. The first kappa shape index (κ1) is 9.65. The van der Waals surface area contributed by atoms with E-state index >= 15 is 0 Å². The van der Waals surface area contributed by atoms with Crippen molar-refractivity contribution in [3.63, 3.8) is 0 Å². The second-order valence-electron chi connectivity index (χ2n) is 3.30. The van der Waals surface area contributed by atoms with E-state index in [1.54, 1.807) is 34.9 Å². The molecular formula is C12H10FNO. The minimum Gasteiger partial charge on any atom is -0.309 e. The van der Waals surface area contributed by atoms with Gasteiger partial charge in [-0.1, -0.05) is 12.1 Å². The summed E-state index contributed by atoms with van der Waals surface area (Å²) < 4.78 is 15.1. The molecule has 0 unspecified atom stereocenters. The quantitative estimate of drug-likeness (QED) is 0.688. The Hall–Kier alpha value is -1.90. The lowest BCUT2D eigenvalue weighted by Gasteiger charge is -2.09. The molecule has 3 heteroatoms. The molecule has 0 saturated heterocycles. The molecule has 0 N–H and O–H groups in total. The molecule has 2 rings (SSSR count). The second kappa shape index (κ2) is 3.69. The monoisotopic (exact) mass is 203 g/mol. The zero-order chi connectivity index (χ0) is 10.8. The van der Waals surface area contributed by atoms with Crippen molar-refractivity contribution in [1.29, 1.82) is 0 Å². The summed E-state index contributed by atoms with van der Waals surface area (Å²) in [5.74, 6) is -0.333. The van der Waals surface area contributed by atoms with Crippen molar-refractivity contribution in [1.82, 2.24) is 4.57 Å². The number of hydrogen-bond acceptors (Lipinski definition) is 1. The standard InChI is InChI=1S/C12H10FNO/c1-9-6-7-10(8-15)14(9)12-5-3-2-4-11(12)13/h2-8H,1H3. The number of carbonyl (C=O) groups excluding carboxylic acids is 1. The van der Waals surface area contributed by atoms with Gasteiger partial charge in [0.25, 0.3) is 0 Å². The third-order valence-corrected chi connectivity index (χ3v) is 2.32. The van der Waals surface area contributed by atoms with Crippen molar-refractivity contribution in [3.8, 4) is 5.69 Å². The molecule has 76 valence electrons. The van der Waals surface area contributed by atoms with Gasteiger partial charge in [-0.3, -0.25) is 4.79 Å². The maximum atomic E-state index is 13.5. The molecular weight excluding hydrogens is 193 g/mol. The average Bonchev–Trinajstić information content (AvgIpc) is 2.60. The van der Waals surface area contributed by atoms with Gasteiger partial charge in [0.1, 0.15) is 5.82 Å². The summed E-state index contributed by atoms with van der Waals surface area (Å²) in [7, 11) is 0. The first-order valence-electron chi connectivity index (χ1n) is 4.62. The molecule has 15 heavy (non-hydrogen) atoms. The van der Waals surface area contributed by atoms with Crippen molar-refractivity contribution in [2.75, 3.05) is 0 Å². The normalized spacial score (nSPS) is 10.3. The minimum absolute atomic E-state index is 0.333. The lowest BCUT2D eigenvalue weighted by atomic mass is 10.3. The molecule has 0 aliphatic rings. The van der Waals surface area contributed by atoms with Crippen LogP contribution in [-0.2, 0) is 0 Å². The SMILES string of the molecule is Cc1ccc(C=O)n1-c1ccccc1F. The molecule has 2 nitrogen and oxygen atoms in total. The molecule has 0 aliphatic carbocycles. The smallest absolute Gasteiger partial charge is 0.166 e. The molecule has 0 aliphatic heterocycles. The summed E-state index contributed by atoms with van der Waals surface area (Å²) in [6.45, 7) is 1.83. The first-order chi connectivity index (χ1) is 7.24. The molecule has 0 radical (unpaired) electrons. The molecule has 1 heterocycles. The summed E-state index contributed by atoms with van der Waals surface area (Å²) in [6, 6.07) is 9.86.